The van der Waals surface area contributed by atoms with Crippen molar-refractivity contribution in [2.24, 2.45) is 4.99 Å². The number of thiazole rings is 1. The number of hydrogen-bond acceptors (Lipinski definition) is 8. The molecule has 234 valence electrons. The van der Waals surface area contributed by atoms with Gasteiger partial charge in [-0.2, -0.15) is 0 Å². The largest absolute Gasteiger partial charge is 0.487 e. The number of nitro benzene ring substituents is 2. The summed E-state index contributed by atoms with van der Waals surface area (Å²) in [4.78, 5) is 41.5. The third kappa shape index (κ3) is 6.02. The number of nitrogens with zero attached hydrogens (tertiary/aromatic N) is 4. The summed E-state index contributed by atoms with van der Waals surface area (Å²) >= 11 is 5.70. The second kappa shape index (κ2) is 12.8. The summed E-state index contributed by atoms with van der Waals surface area (Å²) in [6.45, 7) is 0.243. The number of benzene rings is 4. The van der Waals surface area contributed by atoms with Gasteiger partial charge in [-0.25, -0.2) is 4.99 Å². The van der Waals surface area contributed by atoms with E-state index in [1.807, 2.05) is 42.5 Å². The standard InChI is InChI=1S/C34H22I2N4O6S/c35-27-14-20(15-28(36)32(27)46-18-19-8-11-23(12-9-19)39(42)43)16-29-33(41)38-31(22-5-3-6-24(17-22)40(44)45)26-13-10-21-4-1-2-7-25(21)30(26)37-34(38)47-29/h1-9,11-12,14-17,31H,10,13,18H2/b29-16+/t31-/m1/s1. The van der Waals surface area contributed by atoms with E-state index in [-0.39, 0.29) is 23.5 Å². The van der Waals surface area contributed by atoms with Gasteiger partial charge in [0.15, 0.2) is 4.80 Å². The Morgan fingerprint density at radius 2 is 1.64 bits per heavy atom. The SMILES string of the molecule is O=c1/c(=C\c2cc(I)c(OCc3ccc([N+](=O)[O-])cc3)c(I)c2)sc2n1[C@H](c1cccc([N+](=O)[O-])c1)C1=C(N=2)c2ccccc2CC1. The molecule has 0 radical (unpaired) electrons. The Morgan fingerprint density at radius 1 is 0.915 bits per heavy atom. The van der Waals surface area contributed by atoms with Gasteiger partial charge in [0.25, 0.3) is 16.9 Å². The molecule has 1 aromatic heterocycles. The highest BCUT2D eigenvalue weighted by molar-refractivity contribution is 14.1. The van der Waals surface area contributed by atoms with Crippen molar-refractivity contribution in [1.29, 1.82) is 0 Å². The van der Waals surface area contributed by atoms with E-state index in [1.165, 1.54) is 35.1 Å². The van der Waals surface area contributed by atoms with Gasteiger partial charge in [-0.1, -0.05) is 47.7 Å². The predicted molar refractivity (Wildman–Crippen MR) is 195 cm³/mol. The van der Waals surface area contributed by atoms with Crippen LogP contribution in [0, 0.1) is 27.4 Å². The smallest absolute Gasteiger partial charge is 0.271 e. The minimum Gasteiger partial charge on any atom is -0.487 e. The lowest BCUT2D eigenvalue weighted by Crippen LogP contribution is -2.38. The Labute approximate surface area is 298 Å². The van der Waals surface area contributed by atoms with Crippen LogP contribution in [0.2, 0.25) is 0 Å². The molecule has 1 aliphatic heterocycles. The van der Waals surface area contributed by atoms with E-state index < -0.39 is 15.9 Å². The van der Waals surface area contributed by atoms with Gasteiger partial charge >= 0.3 is 0 Å². The van der Waals surface area contributed by atoms with E-state index in [1.54, 1.807) is 28.8 Å². The zero-order valence-electron chi connectivity index (χ0n) is 24.3. The van der Waals surface area contributed by atoms with Gasteiger partial charge in [0.05, 0.1) is 33.3 Å². The molecule has 0 N–H and O–H groups in total. The van der Waals surface area contributed by atoms with Crippen molar-refractivity contribution < 1.29 is 14.6 Å². The molecule has 5 aromatic rings. The van der Waals surface area contributed by atoms with Gasteiger partial charge in [-0.05, 0) is 116 Å². The third-order valence-corrected chi connectivity index (χ3v) is 10.7. The van der Waals surface area contributed by atoms with Gasteiger partial charge in [0, 0.05) is 29.8 Å². The van der Waals surface area contributed by atoms with Gasteiger partial charge in [0.1, 0.15) is 12.4 Å². The van der Waals surface area contributed by atoms with Gasteiger partial charge in [0.2, 0.25) is 0 Å². The molecule has 13 heteroatoms. The summed E-state index contributed by atoms with van der Waals surface area (Å²) in [5, 5.41) is 22.7. The molecule has 0 saturated heterocycles. The number of allylic oxidation sites excluding steroid dienone is 1. The molecule has 4 aromatic carbocycles. The minimum atomic E-state index is -0.521. The lowest BCUT2D eigenvalue weighted by atomic mass is 9.83. The monoisotopic (exact) mass is 868 g/mol. The highest BCUT2D eigenvalue weighted by Gasteiger charge is 2.33. The first-order chi connectivity index (χ1) is 22.7. The molecule has 0 spiro atoms. The molecule has 0 fully saturated rings. The van der Waals surface area contributed by atoms with Crippen LogP contribution in [-0.4, -0.2) is 14.4 Å². The average Bonchev–Trinajstić information content (AvgIpc) is 3.37. The quantitative estimate of drug-likeness (QED) is 0.0993. The first-order valence-corrected chi connectivity index (χ1v) is 17.4. The number of rotatable bonds is 7. The second-order valence-corrected chi connectivity index (χ2v) is 14.3. The molecular formula is C34H22I2N4O6S. The van der Waals surface area contributed by atoms with Gasteiger partial charge in [-0.3, -0.25) is 29.6 Å². The van der Waals surface area contributed by atoms with Gasteiger partial charge in [-0.15, -0.1) is 0 Å². The van der Waals surface area contributed by atoms with E-state index in [0.29, 0.717) is 27.1 Å². The van der Waals surface area contributed by atoms with Crippen LogP contribution in [0.15, 0.2) is 100 Å². The normalized spacial score (nSPS) is 15.4. The summed E-state index contributed by atoms with van der Waals surface area (Å²) in [6.07, 6.45) is 3.32. The zero-order valence-corrected chi connectivity index (χ0v) is 29.4. The highest BCUT2D eigenvalue weighted by Crippen LogP contribution is 2.41. The van der Waals surface area contributed by atoms with Crippen molar-refractivity contribution in [2.75, 3.05) is 0 Å². The first-order valence-electron chi connectivity index (χ1n) is 14.4. The summed E-state index contributed by atoms with van der Waals surface area (Å²) in [5.41, 5.74) is 6.09. The average molecular weight is 868 g/mol. The summed E-state index contributed by atoms with van der Waals surface area (Å²) in [7, 11) is 0. The minimum absolute atomic E-state index is 0.0222. The van der Waals surface area contributed by atoms with Crippen molar-refractivity contribution in [3.05, 3.63) is 165 Å². The van der Waals surface area contributed by atoms with Crippen LogP contribution in [0.1, 0.15) is 40.3 Å². The second-order valence-electron chi connectivity index (χ2n) is 11.0. The Kier molecular flexibility index (Phi) is 8.52. The van der Waals surface area contributed by atoms with Crippen molar-refractivity contribution >= 4 is 79.7 Å². The topological polar surface area (TPSA) is 130 Å². The van der Waals surface area contributed by atoms with Crippen LogP contribution in [0.4, 0.5) is 11.4 Å². The van der Waals surface area contributed by atoms with E-state index in [9.17, 15) is 25.0 Å². The number of aryl methyl sites for hydroxylation is 1. The Morgan fingerprint density at radius 3 is 2.36 bits per heavy atom. The number of non-ortho nitro benzene ring substituents is 2. The third-order valence-electron chi connectivity index (χ3n) is 8.12. The number of ether oxygens (including phenoxy) is 1. The van der Waals surface area contributed by atoms with Crippen LogP contribution < -0.4 is 19.6 Å². The summed E-state index contributed by atoms with van der Waals surface area (Å²) in [5.74, 6) is 0.681. The zero-order chi connectivity index (χ0) is 32.8. The van der Waals surface area contributed by atoms with Crippen molar-refractivity contribution in [2.45, 2.75) is 25.5 Å². The lowest BCUT2D eigenvalue weighted by molar-refractivity contribution is -0.385. The molecule has 0 saturated carbocycles. The van der Waals surface area contributed by atoms with Crippen LogP contribution in [0.25, 0.3) is 11.8 Å². The number of halogens is 2. The molecule has 47 heavy (non-hydrogen) atoms. The van der Waals surface area contributed by atoms with Crippen molar-refractivity contribution in [1.82, 2.24) is 4.57 Å². The lowest BCUT2D eigenvalue weighted by Gasteiger charge is -2.30. The molecular weight excluding hydrogens is 846 g/mol. The van der Waals surface area contributed by atoms with E-state index in [4.69, 9.17) is 9.73 Å². The van der Waals surface area contributed by atoms with E-state index in [0.717, 1.165) is 41.5 Å². The van der Waals surface area contributed by atoms with Crippen LogP contribution in [-0.2, 0) is 13.0 Å². The maximum absolute atomic E-state index is 14.2. The fourth-order valence-corrected chi connectivity index (χ4v) is 9.08. The fourth-order valence-electron chi connectivity index (χ4n) is 5.95. The molecule has 1 atom stereocenters. The maximum atomic E-state index is 14.2. The summed E-state index contributed by atoms with van der Waals surface area (Å²) in [6, 6.07) is 24.2. The van der Waals surface area contributed by atoms with Crippen LogP contribution >= 0.6 is 56.5 Å². The molecule has 2 aliphatic rings. The first kappa shape index (κ1) is 31.4. The Balaban J connectivity index is 1.29. The molecule has 0 amide bonds. The number of aromatic nitrogens is 1. The van der Waals surface area contributed by atoms with Gasteiger partial charge < -0.3 is 4.74 Å². The molecule has 1 aliphatic carbocycles. The van der Waals surface area contributed by atoms with E-state index >= 15 is 0 Å². The molecule has 10 nitrogen and oxygen atoms in total. The Hall–Kier alpha value is -4.22. The summed E-state index contributed by atoms with van der Waals surface area (Å²) < 4.78 is 9.96. The number of fused-ring (bicyclic) bond motifs is 3. The highest BCUT2D eigenvalue weighted by atomic mass is 127. The van der Waals surface area contributed by atoms with Crippen molar-refractivity contribution in [3.63, 3.8) is 0 Å². The molecule has 0 unspecified atom stereocenters. The van der Waals surface area contributed by atoms with Crippen LogP contribution in [0.5, 0.6) is 5.75 Å². The van der Waals surface area contributed by atoms with Crippen molar-refractivity contribution in [3.8, 4) is 5.75 Å². The predicted octanol–water partition coefficient (Wildman–Crippen LogP) is 6.92. The number of nitro groups is 2. The maximum Gasteiger partial charge on any atom is 0.271 e. The number of hydrogen-bond donors (Lipinski definition) is 0. The van der Waals surface area contributed by atoms with Crippen LogP contribution in [0.3, 0.4) is 0 Å². The fraction of sp³-hybridized carbons (Fsp3) is 0.118. The molecule has 7 rings (SSSR count). The van der Waals surface area contributed by atoms with E-state index in [2.05, 4.69) is 51.2 Å². The Bertz CT molecular complexity index is 2310. The molecule has 0 bridgehead atoms. The molecule has 2 heterocycles.